The van der Waals surface area contributed by atoms with E-state index in [1.54, 1.807) is 10.1 Å². The lowest BCUT2D eigenvalue weighted by Crippen LogP contribution is -2.34. The van der Waals surface area contributed by atoms with Crippen molar-refractivity contribution in [1.29, 1.82) is 0 Å². The van der Waals surface area contributed by atoms with Gasteiger partial charge in [-0.2, -0.15) is 11.3 Å². The second kappa shape index (κ2) is 7.37. The Morgan fingerprint density at radius 1 is 1.00 bits per heavy atom. The highest BCUT2D eigenvalue weighted by Gasteiger charge is 2.18. The maximum absolute atomic E-state index is 2.48. The molecule has 0 bridgehead atoms. The standard InChI is InChI=1S/C15H28SSi/c1-5-6-7-8-9-10-11-14-12-15(16-13-14)17(2,3)4/h12-13H,5-11H2,1-4H3. The van der Waals surface area contributed by atoms with Crippen LogP contribution in [-0.2, 0) is 6.42 Å². The van der Waals surface area contributed by atoms with Gasteiger partial charge in [-0.25, -0.2) is 0 Å². The van der Waals surface area contributed by atoms with Crippen molar-refractivity contribution < 1.29 is 0 Å². The third-order valence-corrected chi connectivity index (χ3v) is 7.82. The second-order valence-electron chi connectivity index (χ2n) is 6.09. The molecule has 2 heteroatoms. The molecule has 0 radical (unpaired) electrons. The Labute approximate surface area is 112 Å². The Morgan fingerprint density at radius 2 is 1.65 bits per heavy atom. The van der Waals surface area contributed by atoms with E-state index in [0.29, 0.717) is 0 Å². The summed E-state index contributed by atoms with van der Waals surface area (Å²) >= 11 is 1.99. The Bertz CT molecular complexity index is 309. The first-order valence-electron chi connectivity index (χ1n) is 7.12. The molecule has 1 aromatic rings. The summed E-state index contributed by atoms with van der Waals surface area (Å²) in [7, 11) is -1.06. The van der Waals surface area contributed by atoms with Gasteiger partial charge in [0.05, 0.1) is 8.07 Å². The van der Waals surface area contributed by atoms with Crippen molar-refractivity contribution in [2.24, 2.45) is 0 Å². The fourth-order valence-corrected chi connectivity index (χ4v) is 4.90. The van der Waals surface area contributed by atoms with Crippen LogP contribution < -0.4 is 4.50 Å². The first kappa shape index (κ1) is 15.0. The van der Waals surface area contributed by atoms with Crippen LogP contribution in [0.3, 0.4) is 0 Å². The molecular formula is C15H28SSi. The highest BCUT2D eigenvalue weighted by atomic mass is 32.1. The normalized spacial score (nSPS) is 12.0. The van der Waals surface area contributed by atoms with E-state index in [1.165, 1.54) is 44.9 Å². The molecule has 0 amide bonds. The minimum atomic E-state index is -1.06. The summed E-state index contributed by atoms with van der Waals surface area (Å²) in [5.74, 6) is 0. The lowest BCUT2D eigenvalue weighted by atomic mass is 10.1. The zero-order valence-electron chi connectivity index (χ0n) is 12.0. The topological polar surface area (TPSA) is 0 Å². The monoisotopic (exact) mass is 268 g/mol. The van der Waals surface area contributed by atoms with Crippen LogP contribution in [0.5, 0.6) is 0 Å². The van der Waals surface area contributed by atoms with Crippen molar-refractivity contribution in [1.82, 2.24) is 0 Å². The predicted octanol–water partition coefficient (Wildman–Crippen LogP) is 5.20. The molecule has 0 spiro atoms. The first-order valence-corrected chi connectivity index (χ1v) is 11.5. The van der Waals surface area contributed by atoms with Gasteiger partial charge in [-0.15, -0.1) is 0 Å². The van der Waals surface area contributed by atoms with Crippen LogP contribution in [0.15, 0.2) is 11.4 Å². The Balaban J connectivity index is 2.21. The quantitative estimate of drug-likeness (QED) is 0.449. The zero-order valence-corrected chi connectivity index (χ0v) is 13.8. The molecular weight excluding hydrogens is 240 g/mol. The van der Waals surface area contributed by atoms with E-state index in [1.807, 2.05) is 11.3 Å². The number of rotatable bonds is 8. The van der Waals surface area contributed by atoms with Crippen LogP contribution in [-0.4, -0.2) is 8.07 Å². The molecule has 0 unspecified atom stereocenters. The van der Waals surface area contributed by atoms with Gasteiger partial charge in [0, 0.05) is 0 Å². The molecule has 0 aromatic carbocycles. The van der Waals surface area contributed by atoms with E-state index in [9.17, 15) is 0 Å². The summed E-state index contributed by atoms with van der Waals surface area (Å²) in [5.41, 5.74) is 1.59. The smallest absolute Gasteiger partial charge is 0.0904 e. The summed E-state index contributed by atoms with van der Waals surface area (Å²) in [6, 6.07) is 2.48. The van der Waals surface area contributed by atoms with Crippen LogP contribution in [0.25, 0.3) is 0 Å². The predicted molar refractivity (Wildman–Crippen MR) is 84.4 cm³/mol. The number of aryl methyl sites for hydroxylation is 1. The molecule has 98 valence electrons. The van der Waals surface area contributed by atoms with E-state index in [2.05, 4.69) is 38.0 Å². The maximum Gasteiger partial charge on any atom is 0.0904 e. The minimum absolute atomic E-state index is 1.06. The fourth-order valence-electron chi connectivity index (χ4n) is 2.01. The fraction of sp³-hybridized carbons (Fsp3) is 0.733. The Hall–Kier alpha value is -0.0831. The van der Waals surface area contributed by atoms with E-state index in [4.69, 9.17) is 0 Å². The third kappa shape index (κ3) is 5.87. The van der Waals surface area contributed by atoms with E-state index in [0.717, 1.165) is 0 Å². The van der Waals surface area contributed by atoms with E-state index >= 15 is 0 Å². The lowest BCUT2D eigenvalue weighted by molar-refractivity contribution is 0.608. The second-order valence-corrected chi connectivity index (χ2v) is 12.4. The van der Waals surface area contributed by atoms with Gasteiger partial charge in [0.2, 0.25) is 0 Å². The molecule has 1 aromatic heterocycles. The summed E-state index contributed by atoms with van der Waals surface area (Å²) in [6.07, 6.45) is 9.72. The summed E-state index contributed by atoms with van der Waals surface area (Å²) in [4.78, 5) is 0. The number of thiophene rings is 1. The molecule has 0 fully saturated rings. The van der Waals surface area contributed by atoms with Gasteiger partial charge in [0.15, 0.2) is 0 Å². The molecule has 0 aliphatic carbocycles. The van der Waals surface area contributed by atoms with Crippen molar-refractivity contribution in [3.63, 3.8) is 0 Å². The van der Waals surface area contributed by atoms with Gasteiger partial charge in [0.1, 0.15) is 0 Å². The van der Waals surface area contributed by atoms with Crippen molar-refractivity contribution >= 4 is 23.9 Å². The van der Waals surface area contributed by atoms with E-state index < -0.39 is 8.07 Å². The lowest BCUT2D eigenvalue weighted by Gasteiger charge is -2.12. The average Bonchev–Trinajstić information content (AvgIpc) is 2.71. The van der Waals surface area contributed by atoms with Crippen LogP contribution in [0.1, 0.15) is 51.0 Å². The summed E-state index contributed by atoms with van der Waals surface area (Å²) in [6.45, 7) is 9.59. The summed E-state index contributed by atoms with van der Waals surface area (Å²) < 4.78 is 1.67. The van der Waals surface area contributed by atoms with Gasteiger partial charge in [-0.05, 0) is 34.4 Å². The Morgan fingerprint density at radius 3 is 2.24 bits per heavy atom. The van der Waals surface area contributed by atoms with Gasteiger partial charge in [0.25, 0.3) is 0 Å². The molecule has 1 heterocycles. The summed E-state index contributed by atoms with van der Waals surface area (Å²) in [5, 5.41) is 2.39. The minimum Gasteiger partial charge on any atom is -0.153 e. The average molecular weight is 269 g/mol. The zero-order chi connectivity index (χ0) is 12.7. The van der Waals surface area contributed by atoms with Gasteiger partial charge in [-0.1, -0.05) is 58.7 Å². The van der Waals surface area contributed by atoms with Crippen LogP contribution in [0.2, 0.25) is 19.6 Å². The van der Waals surface area contributed by atoms with Crippen molar-refractivity contribution in [2.45, 2.75) is 71.5 Å². The van der Waals surface area contributed by atoms with E-state index in [-0.39, 0.29) is 0 Å². The Kier molecular flexibility index (Phi) is 6.50. The molecule has 17 heavy (non-hydrogen) atoms. The van der Waals surface area contributed by atoms with Crippen molar-refractivity contribution in [3.05, 3.63) is 17.0 Å². The molecule has 0 N–H and O–H groups in total. The number of unbranched alkanes of at least 4 members (excludes halogenated alkanes) is 5. The molecule has 0 saturated carbocycles. The van der Waals surface area contributed by atoms with Crippen LogP contribution >= 0.6 is 11.3 Å². The van der Waals surface area contributed by atoms with Crippen LogP contribution in [0.4, 0.5) is 0 Å². The molecule has 0 aliphatic rings. The van der Waals surface area contributed by atoms with Gasteiger partial charge in [-0.3, -0.25) is 0 Å². The third-order valence-electron chi connectivity index (χ3n) is 3.21. The highest BCUT2D eigenvalue weighted by Crippen LogP contribution is 2.15. The van der Waals surface area contributed by atoms with Crippen LogP contribution in [0, 0.1) is 0 Å². The molecule has 0 aliphatic heterocycles. The SMILES string of the molecule is CCCCCCCCc1csc([Si](C)(C)C)c1. The van der Waals surface area contributed by atoms with Gasteiger partial charge < -0.3 is 0 Å². The maximum atomic E-state index is 2.48. The van der Waals surface area contributed by atoms with Crippen molar-refractivity contribution in [3.8, 4) is 0 Å². The van der Waals surface area contributed by atoms with Gasteiger partial charge >= 0.3 is 0 Å². The highest BCUT2D eigenvalue weighted by molar-refractivity contribution is 7.25. The number of hydrogen-bond acceptors (Lipinski definition) is 1. The molecule has 1 rings (SSSR count). The van der Waals surface area contributed by atoms with Crippen molar-refractivity contribution in [2.75, 3.05) is 0 Å². The molecule has 0 atom stereocenters. The first-order chi connectivity index (χ1) is 8.04. The number of hydrogen-bond donors (Lipinski definition) is 0. The largest absolute Gasteiger partial charge is 0.153 e. The molecule has 0 saturated heterocycles. The molecule has 0 nitrogen and oxygen atoms in total.